The number of amides is 1. The maximum Gasteiger partial charge on any atom is 0.275 e. The molecular weight excluding hydrogens is 504 g/mol. The Morgan fingerprint density at radius 2 is 1.79 bits per heavy atom. The van der Waals surface area contributed by atoms with Crippen molar-refractivity contribution >= 4 is 11.6 Å². The summed E-state index contributed by atoms with van der Waals surface area (Å²) in [4.78, 5) is 24.7. The summed E-state index contributed by atoms with van der Waals surface area (Å²) in [7, 11) is 1.20. The summed E-state index contributed by atoms with van der Waals surface area (Å²) in [6, 6.07) is 2.89. The number of halogens is 4. The van der Waals surface area contributed by atoms with E-state index in [2.05, 4.69) is 25.4 Å². The minimum Gasteiger partial charge on any atom is -0.481 e. The number of hydrogen-bond donors (Lipinski definition) is 1. The Balaban J connectivity index is 1.46. The van der Waals surface area contributed by atoms with E-state index in [0.29, 0.717) is 19.2 Å². The molecule has 0 aliphatic heterocycles. The van der Waals surface area contributed by atoms with E-state index in [1.807, 2.05) is 13.1 Å². The maximum atomic E-state index is 14.9. The van der Waals surface area contributed by atoms with Gasteiger partial charge >= 0.3 is 0 Å². The molecule has 38 heavy (non-hydrogen) atoms. The van der Waals surface area contributed by atoms with Crippen LogP contribution in [-0.2, 0) is 30.1 Å². The van der Waals surface area contributed by atoms with Crippen LogP contribution in [0, 0.1) is 11.6 Å². The predicted octanol–water partition coefficient (Wildman–Crippen LogP) is 4.93. The molecule has 0 atom stereocenters. The smallest absolute Gasteiger partial charge is 0.275 e. The van der Waals surface area contributed by atoms with Crippen LogP contribution in [0.5, 0.6) is 5.88 Å². The van der Waals surface area contributed by atoms with Crippen LogP contribution in [0.3, 0.4) is 0 Å². The summed E-state index contributed by atoms with van der Waals surface area (Å²) in [5.74, 6) is -5.40. The monoisotopic (exact) mass is 528 g/mol. The van der Waals surface area contributed by atoms with Crippen LogP contribution in [0.2, 0.25) is 0 Å². The molecule has 1 amide bonds. The van der Waals surface area contributed by atoms with Crippen LogP contribution in [-0.4, -0.2) is 37.7 Å². The van der Waals surface area contributed by atoms with Crippen molar-refractivity contribution < 1.29 is 27.1 Å². The number of hydrogen-bond acceptors (Lipinski definition) is 6. The van der Waals surface area contributed by atoms with Gasteiger partial charge in [-0.25, -0.2) is 32.5 Å². The number of methoxy groups -OCH3 is 1. The number of nitrogens with one attached hydrogen (secondary N) is 1. The molecule has 0 unspecified atom stereocenters. The molecule has 0 bridgehead atoms. The Bertz CT molecular complexity index is 1450. The molecule has 8 nitrogen and oxygen atoms in total. The first-order chi connectivity index (χ1) is 18.1. The summed E-state index contributed by atoms with van der Waals surface area (Å²) in [6.07, 6.45) is 7.42. The lowest BCUT2D eigenvalue weighted by atomic mass is 10.0. The second-order valence-electron chi connectivity index (χ2n) is 8.59. The van der Waals surface area contributed by atoms with Gasteiger partial charge < -0.3 is 10.1 Å². The molecule has 0 fully saturated rings. The molecule has 0 radical (unpaired) electrons. The van der Waals surface area contributed by atoms with Crippen LogP contribution in [0.1, 0.15) is 36.4 Å². The number of rotatable bonds is 9. The topological polar surface area (TPSA) is 94.8 Å². The number of anilines is 1. The fourth-order valence-electron chi connectivity index (χ4n) is 3.76. The summed E-state index contributed by atoms with van der Waals surface area (Å²) in [6.45, 7) is 3.37. The van der Waals surface area contributed by atoms with Crippen molar-refractivity contribution in [2.45, 2.75) is 39.2 Å². The van der Waals surface area contributed by atoms with Crippen LogP contribution < -0.4 is 10.1 Å². The van der Waals surface area contributed by atoms with Crippen molar-refractivity contribution in [3.05, 3.63) is 83.3 Å². The fraction of sp³-hybridized carbons (Fsp3) is 0.269. The highest BCUT2D eigenvalue weighted by atomic mass is 19.3. The molecule has 198 valence electrons. The Labute approximate surface area is 215 Å². The normalized spacial score (nSPS) is 11.4. The number of nitrogens with zero attached hydrogens (tertiary/aromatic N) is 5. The number of carbonyl (C=O) groups excluding carboxylic acids is 1. The van der Waals surface area contributed by atoms with Crippen molar-refractivity contribution in [2.75, 3.05) is 12.4 Å². The average molecular weight is 529 g/mol. The van der Waals surface area contributed by atoms with Crippen molar-refractivity contribution in [1.82, 2.24) is 24.7 Å². The van der Waals surface area contributed by atoms with E-state index in [9.17, 15) is 22.4 Å². The number of aryl methyl sites for hydroxylation is 1. The zero-order valence-corrected chi connectivity index (χ0v) is 20.8. The van der Waals surface area contributed by atoms with Gasteiger partial charge in [-0.3, -0.25) is 9.48 Å². The van der Waals surface area contributed by atoms with E-state index in [1.54, 1.807) is 10.9 Å². The van der Waals surface area contributed by atoms with Crippen molar-refractivity contribution in [3.8, 4) is 17.0 Å². The highest BCUT2D eigenvalue weighted by molar-refractivity contribution is 5.92. The van der Waals surface area contributed by atoms with Crippen LogP contribution in [0.15, 0.2) is 49.2 Å². The van der Waals surface area contributed by atoms with Gasteiger partial charge in [0.2, 0.25) is 11.8 Å². The molecule has 3 aromatic heterocycles. The second kappa shape index (κ2) is 11.0. The van der Waals surface area contributed by atoms with E-state index in [1.165, 1.54) is 19.5 Å². The molecule has 0 aliphatic carbocycles. The zero-order chi connectivity index (χ0) is 27.4. The highest BCUT2D eigenvalue weighted by Gasteiger charge is 2.30. The average Bonchev–Trinajstić information content (AvgIpc) is 3.33. The van der Waals surface area contributed by atoms with Crippen LogP contribution >= 0.6 is 0 Å². The molecule has 0 aliphatic rings. The number of ether oxygens (including phenoxy) is 1. The molecule has 0 spiro atoms. The van der Waals surface area contributed by atoms with Gasteiger partial charge in [-0.05, 0) is 30.7 Å². The van der Waals surface area contributed by atoms with E-state index in [4.69, 9.17) is 4.74 Å². The van der Waals surface area contributed by atoms with Crippen molar-refractivity contribution in [1.29, 1.82) is 0 Å². The van der Waals surface area contributed by atoms with Gasteiger partial charge in [0.1, 0.15) is 17.5 Å². The molecule has 0 saturated heterocycles. The van der Waals surface area contributed by atoms with E-state index in [0.717, 1.165) is 36.5 Å². The Hall–Kier alpha value is -4.35. The molecule has 4 rings (SSSR count). The third kappa shape index (κ3) is 6.13. The van der Waals surface area contributed by atoms with E-state index in [-0.39, 0.29) is 28.3 Å². The van der Waals surface area contributed by atoms with Gasteiger partial charge in [-0.1, -0.05) is 0 Å². The van der Waals surface area contributed by atoms with Gasteiger partial charge in [0, 0.05) is 55.2 Å². The number of pyridine rings is 1. The van der Waals surface area contributed by atoms with Gasteiger partial charge in [-0.2, -0.15) is 5.10 Å². The van der Waals surface area contributed by atoms with E-state index >= 15 is 0 Å². The van der Waals surface area contributed by atoms with Gasteiger partial charge in [0.25, 0.3) is 5.92 Å². The number of aromatic nitrogens is 5. The third-order valence-electron chi connectivity index (χ3n) is 5.68. The molecule has 12 heteroatoms. The lowest BCUT2D eigenvalue weighted by Gasteiger charge is -2.15. The molecule has 4 aromatic rings. The first-order valence-electron chi connectivity index (χ1n) is 11.6. The molecule has 3 heterocycles. The third-order valence-corrected chi connectivity index (χ3v) is 5.68. The van der Waals surface area contributed by atoms with E-state index < -0.39 is 35.4 Å². The number of carbonyl (C=O) groups is 1. The highest BCUT2D eigenvalue weighted by Crippen LogP contribution is 2.34. The minimum atomic E-state index is -3.27. The summed E-state index contributed by atoms with van der Waals surface area (Å²) in [5.41, 5.74) is 0.350. The predicted molar refractivity (Wildman–Crippen MR) is 131 cm³/mol. The Morgan fingerprint density at radius 1 is 1.05 bits per heavy atom. The standard InChI is InChI=1S/C26H24F4N6O2/c1-4-36-14-15(10-34-36)5-23-31-11-17(12-32-23)19-9-21(27)16(6-22(19)28)7-24(37)35-18-8-20(26(2,29)30)25(38-3)33-13-18/h6,8-14H,4-5,7H2,1-3H3,(H,35,37). The van der Waals surface area contributed by atoms with Gasteiger partial charge in [0.15, 0.2) is 0 Å². The lowest BCUT2D eigenvalue weighted by molar-refractivity contribution is -0.115. The molecule has 1 aromatic carbocycles. The van der Waals surface area contributed by atoms with Crippen LogP contribution in [0.25, 0.3) is 11.1 Å². The molecular formula is C26H24F4N6O2. The Morgan fingerprint density at radius 3 is 2.42 bits per heavy atom. The summed E-state index contributed by atoms with van der Waals surface area (Å²) in [5, 5.41) is 6.57. The number of alkyl halides is 2. The molecule has 0 saturated carbocycles. The Kier molecular flexibility index (Phi) is 7.70. The fourth-order valence-corrected chi connectivity index (χ4v) is 3.76. The molecule has 1 N–H and O–H groups in total. The lowest BCUT2D eigenvalue weighted by Crippen LogP contribution is -2.17. The SMILES string of the molecule is CCn1cc(Cc2ncc(-c3cc(F)c(CC(=O)Nc4cnc(OC)c(C(C)(F)F)c4)cc3F)cn2)cn1. The van der Waals surface area contributed by atoms with Gasteiger partial charge in [-0.15, -0.1) is 0 Å². The quantitative estimate of drug-likeness (QED) is 0.310. The van der Waals surface area contributed by atoms with Gasteiger partial charge in [0.05, 0.1) is 37.2 Å². The first kappa shape index (κ1) is 26.7. The maximum absolute atomic E-state index is 14.9. The summed E-state index contributed by atoms with van der Waals surface area (Å²) < 4.78 is 64.0. The van der Waals surface area contributed by atoms with Crippen LogP contribution in [0.4, 0.5) is 23.2 Å². The zero-order valence-electron chi connectivity index (χ0n) is 20.8. The van der Waals surface area contributed by atoms with Crippen molar-refractivity contribution in [2.24, 2.45) is 0 Å². The largest absolute Gasteiger partial charge is 0.481 e. The second-order valence-corrected chi connectivity index (χ2v) is 8.59. The number of benzene rings is 1. The van der Waals surface area contributed by atoms with Crippen molar-refractivity contribution in [3.63, 3.8) is 0 Å². The summed E-state index contributed by atoms with van der Waals surface area (Å²) >= 11 is 0. The first-order valence-corrected chi connectivity index (χ1v) is 11.6. The minimum absolute atomic E-state index is 0.0379.